The van der Waals surface area contributed by atoms with Gasteiger partial charge in [0, 0.05) is 12.0 Å². The SMILES string of the molecule is CNC1(CC(=O)N[C@@H](CC(N)=O)C(=O)O)CCCCC1. The van der Waals surface area contributed by atoms with Crippen LogP contribution < -0.4 is 16.4 Å². The number of primary amides is 1. The Morgan fingerprint density at radius 3 is 2.30 bits per heavy atom. The van der Waals surface area contributed by atoms with Gasteiger partial charge in [0.1, 0.15) is 6.04 Å². The van der Waals surface area contributed by atoms with E-state index in [2.05, 4.69) is 10.6 Å². The number of hydrogen-bond donors (Lipinski definition) is 4. The number of aliphatic carboxylic acids is 1. The van der Waals surface area contributed by atoms with Crippen molar-refractivity contribution in [2.75, 3.05) is 7.05 Å². The van der Waals surface area contributed by atoms with Gasteiger partial charge < -0.3 is 21.5 Å². The minimum atomic E-state index is -1.25. The van der Waals surface area contributed by atoms with Crippen LogP contribution in [0.5, 0.6) is 0 Å². The van der Waals surface area contributed by atoms with E-state index in [1.54, 1.807) is 0 Å². The highest BCUT2D eigenvalue weighted by Crippen LogP contribution is 2.30. The van der Waals surface area contributed by atoms with Gasteiger partial charge >= 0.3 is 5.97 Å². The maximum absolute atomic E-state index is 12.0. The van der Waals surface area contributed by atoms with Crippen molar-refractivity contribution in [3.8, 4) is 0 Å². The Morgan fingerprint density at radius 2 is 1.85 bits per heavy atom. The number of amides is 2. The Bertz CT molecular complexity index is 378. The Hall–Kier alpha value is -1.63. The highest BCUT2D eigenvalue weighted by molar-refractivity contribution is 5.88. The first-order valence-electron chi connectivity index (χ1n) is 6.88. The molecule has 1 saturated carbocycles. The number of carboxylic acid groups (broad SMARTS) is 1. The van der Waals surface area contributed by atoms with E-state index in [4.69, 9.17) is 10.8 Å². The Kier molecular flexibility index (Phi) is 5.94. The van der Waals surface area contributed by atoms with E-state index < -0.39 is 24.3 Å². The van der Waals surface area contributed by atoms with Crippen molar-refractivity contribution < 1.29 is 19.5 Å². The topological polar surface area (TPSA) is 122 Å². The van der Waals surface area contributed by atoms with Crippen LogP contribution in [0.15, 0.2) is 0 Å². The molecule has 0 spiro atoms. The number of nitrogens with two attached hydrogens (primary N) is 1. The smallest absolute Gasteiger partial charge is 0.326 e. The Labute approximate surface area is 118 Å². The molecular weight excluding hydrogens is 262 g/mol. The average molecular weight is 285 g/mol. The van der Waals surface area contributed by atoms with Gasteiger partial charge in [-0.25, -0.2) is 4.79 Å². The van der Waals surface area contributed by atoms with Crippen molar-refractivity contribution in [2.45, 2.75) is 56.5 Å². The molecule has 0 radical (unpaired) electrons. The molecule has 0 aliphatic heterocycles. The summed E-state index contributed by atoms with van der Waals surface area (Å²) in [6, 6.07) is -1.25. The van der Waals surface area contributed by atoms with Gasteiger partial charge in [-0.3, -0.25) is 9.59 Å². The van der Waals surface area contributed by atoms with Gasteiger partial charge in [0.2, 0.25) is 11.8 Å². The van der Waals surface area contributed by atoms with E-state index in [0.717, 1.165) is 32.1 Å². The lowest BCUT2D eigenvalue weighted by atomic mass is 9.79. The van der Waals surface area contributed by atoms with E-state index in [1.165, 1.54) is 0 Å². The molecule has 2 amide bonds. The number of carbonyl (C=O) groups is 3. The lowest BCUT2D eigenvalue weighted by Crippen LogP contribution is -2.51. The quantitative estimate of drug-likeness (QED) is 0.513. The van der Waals surface area contributed by atoms with Crippen LogP contribution in [-0.4, -0.2) is 41.5 Å². The van der Waals surface area contributed by atoms with Crippen molar-refractivity contribution in [1.29, 1.82) is 0 Å². The third kappa shape index (κ3) is 4.80. The second-order valence-electron chi connectivity index (χ2n) is 5.40. The first-order chi connectivity index (χ1) is 9.38. The fourth-order valence-electron chi connectivity index (χ4n) is 2.70. The molecule has 1 fully saturated rings. The van der Waals surface area contributed by atoms with E-state index in [1.807, 2.05) is 7.05 Å². The van der Waals surface area contributed by atoms with Crippen LogP contribution in [0.3, 0.4) is 0 Å². The summed E-state index contributed by atoms with van der Waals surface area (Å²) in [5.41, 5.74) is 4.71. The zero-order chi connectivity index (χ0) is 15.2. The number of rotatable bonds is 7. The summed E-state index contributed by atoms with van der Waals surface area (Å²) in [7, 11) is 1.82. The second-order valence-corrected chi connectivity index (χ2v) is 5.40. The summed E-state index contributed by atoms with van der Waals surface area (Å²) < 4.78 is 0. The van der Waals surface area contributed by atoms with Crippen LogP contribution in [0.1, 0.15) is 44.9 Å². The molecule has 0 heterocycles. The van der Waals surface area contributed by atoms with Crippen LogP contribution in [0, 0.1) is 0 Å². The van der Waals surface area contributed by atoms with Crippen molar-refractivity contribution in [3.05, 3.63) is 0 Å². The number of carbonyl (C=O) groups excluding carboxylic acids is 2. The predicted molar refractivity (Wildman–Crippen MR) is 72.9 cm³/mol. The second kappa shape index (κ2) is 7.23. The van der Waals surface area contributed by atoms with Crippen LogP contribution in [0.2, 0.25) is 0 Å². The molecule has 5 N–H and O–H groups in total. The summed E-state index contributed by atoms with van der Waals surface area (Å²) in [5.74, 6) is -2.37. The summed E-state index contributed by atoms with van der Waals surface area (Å²) in [6.07, 6.45) is 4.87. The van der Waals surface area contributed by atoms with Gasteiger partial charge in [0.25, 0.3) is 0 Å². The molecule has 0 unspecified atom stereocenters. The number of carboxylic acids is 1. The number of nitrogens with one attached hydrogen (secondary N) is 2. The van der Waals surface area contributed by atoms with E-state index in [9.17, 15) is 14.4 Å². The van der Waals surface area contributed by atoms with Crippen molar-refractivity contribution >= 4 is 17.8 Å². The molecule has 0 aromatic carbocycles. The normalized spacial score (nSPS) is 19.1. The lowest BCUT2D eigenvalue weighted by Gasteiger charge is -2.36. The van der Waals surface area contributed by atoms with Crippen LogP contribution >= 0.6 is 0 Å². The summed E-state index contributed by atoms with van der Waals surface area (Å²) >= 11 is 0. The predicted octanol–water partition coefficient (Wildman–Crippen LogP) is -0.256. The van der Waals surface area contributed by atoms with Gasteiger partial charge in [-0.15, -0.1) is 0 Å². The molecular formula is C13H23N3O4. The van der Waals surface area contributed by atoms with Gasteiger partial charge in [0.05, 0.1) is 6.42 Å². The monoisotopic (exact) mass is 285 g/mol. The third-order valence-corrected chi connectivity index (χ3v) is 3.88. The van der Waals surface area contributed by atoms with Gasteiger partial charge in [0.15, 0.2) is 0 Å². The van der Waals surface area contributed by atoms with Crippen LogP contribution in [0.25, 0.3) is 0 Å². The average Bonchev–Trinajstić information content (AvgIpc) is 2.38. The summed E-state index contributed by atoms with van der Waals surface area (Å²) in [4.78, 5) is 33.8. The van der Waals surface area contributed by atoms with Crippen LogP contribution in [-0.2, 0) is 14.4 Å². The maximum Gasteiger partial charge on any atom is 0.326 e. The van der Waals surface area contributed by atoms with Crippen LogP contribution in [0.4, 0.5) is 0 Å². The molecule has 0 saturated heterocycles. The first-order valence-corrected chi connectivity index (χ1v) is 6.88. The van der Waals surface area contributed by atoms with Crippen molar-refractivity contribution in [2.24, 2.45) is 5.73 Å². The van der Waals surface area contributed by atoms with E-state index >= 15 is 0 Å². The standard InChI is InChI=1S/C13H23N3O4/c1-15-13(5-3-2-4-6-13)8-11(18)16-9(12(19)20)7-10(14)17/h9,15H,2-8H2,1H3,(H2,14,17)(H,16,18)(H,19,20)/t9-/m0/s1. The number of hydrogen-bond acceptors (Lipinski definition) is 4. The maximum atomic E-state index is 12.0. The molecule has 1 aliphatic rings. The third-order valence-electron chi connectivity index (χ3n) is 3.88. The fraction of sp³-hybridized carbons (Fsp3) is 0.769. The zero-order valence-corrected chi connectivity index (χ0v) is 11.8. The largest absolute Gasteiger partial charge is 0.480 e. The highest BCUT2D eigenvalue weighted by Gasteiger charge is 2.33. The molecule has 7 heteroatoms. The minimum absolute atomic E-state index is 0.214. The molecule has 114 valence electrons. The highest BCUT2D eigenvalue weighted by atomic mass is 16.4. The van der Waals surface area contributed by atoms with E-state index in [-0.39, 0.29) is 17.9 Å². The minimum Gasteiger partial charge on any atom is -0.480 e. The van der Waals surface area contributed by atoms with Gasteiger partial charge in [-0.05, 0) is 19.9 Å². The molecule has 1 atom stereocenters. The summed E-state index contributed by atoms with van der Waals surface area (Å²) in [5, 5.41) is 14.5. The van der Waals surface area contributed by atoms with Crippen molar-refractivity contribution in [1.82, 2.24) is 10.6 Å². The van der Waals surface area contributed by atoms with Gasteiger partial charge in [-0.1, -0.05) is 19.3 Å². The zero-order valence-electron chi connectivity index (χ0n) is 11.8. The molecule has 0 bridgehead atoms. The molecule has 7 nitrogen and oxygen atoms in total. The van der Waals surface area contributed by atoms with Crippen molar-refractivity contribution in [3.63, 3.8) is 0 Å². The molecule has 0 aromatic rings. The van der Waals surface area contributed by atoms with E-state index in [0.29, 0.717) is 0 Å². The molecule has 1 aliphatic carbocycles. The Balaban J connectivity index is 2.59. The molecule has 1 rings (SSSR count). The molecule has 20 heavy (non-hydrogen) atoms. The van der Waals surface area contributed by atoms with Gasteiger partial charge in [-0.2, -0.15) is 0 Å². The lowest BCUT2D eigenvalue weighted by molar-refractivity contribution is -0.143. The molecule has 0 aromatic heterocycles. The first kappa shape index (κ1) is 16.4. The fourth-order valence-corrected chi connectivity index (χ4v) is 2.70. The summed E-state index contributed by atoms with van der Waals surface area (Å²) in [6.45, 7) is 0. The Morgan fingerprint density at radius 1 is 1.25 bits per heavy atom.